The smallest absolute Gasteiger partial charge is 0.338 e. The number of benzene rings is 1. The van der Waals surface area contributed by atoms with Gasteiger partial charge in [-0.2, -0.15) is 0 Å². The van der Waals surface area contributed by atoms with Crippen LogP contribution >= 0.6 is 0 Å². The summed E-state index contributed by atoms with van der Waals surface area (Å²) in [5.74, 6) is 0.764. The number of ether oxygens (including phenoxy) is 1. The Morgan fingerprint density at radius 1 is 1.04 bits per heavy atom. The zero-order valence-corrected chi connectivity index (χ0v) is 16.8. The van der Waals surface area contributed by atoms with Crippen LogP contribution in [0, 0.1) is 11.8 Å². The standard InChI is InChI=1S/C22H36O3/c1-7-18(23)14-19(8-2)25-22(24)20-11-9-10-17(12-15(3)4)21(20)13-16(5)6/h9-11,15-16,18-19,23H,7-8,12-14H2,1-6H3. The quantitative estimate of drug-likeness (QED) is 0.593. The molecule has 2 unspecified atom stereocenters. The highest BCUT2D eigenvalue weighted by Gasteiger charge is 2.21. The Morgan fingerprint density at radius 2 is 1.68 bits per heavy atom. The van der Waals surface area contributed by atoms with E-state index in [1.54, 1.807) is 0 Å². The Hall–Kier alpha value is -1.35. The molecule has 0 aliphatic heterocycles. The van der Waals surface area contributed by atoms with Crippen LogP contribution in [0.4, 0.5) is 0 Å². The Balaban J connectivity index is 3.06. The van der Waals surface area contributed by atoms with Crippen LogP contribution in [0.5, 0.6) is 0 Å². The Labute approximate surface area is 153 Å². The molecule has 0 amide bonds. The van der Waals surface area contributed by atoms with Crippen LogP contribution in [-0.2, 0) is 17.6 Å². The predicted molar refractivity (Wildman–Crippen MR) is 104 cm³/mol. The monoisotopic (exact) mass is 348 g/mol. The van der Waals surface area contributed by atoms with Crippen molar-refractivity contribution in [2.45, 2.75) is 85.9 Å². The topological polar surface area (TPSA) is 46.5 Å². The predicted octanol–water partition coefficient (Wildman–Crippen LogP) is 5.18. The maximum atomic E-state index is 12.8. The van der Waals surface area contributed by atoms with Crippen LogP contribution in [-0.4, -0.2) is 23.3 Å². The normalized spacial score (nSPS) is 14.0. The molecule has 0 heterocycles. The van der Waals surface area contributed by atoms with Crippen LogP contribution < -0.4 is 0 Å². The zero-order chi connectivity index (χ0) is 19.0. The van der Waals surface area contributed by atoms with E-state index in [2.05, 4.69) is 33.8 Å². The third-order valence-corrected chi connectivity index (χ3v) is 4.47. The van der Waals surface area contributed by atoms with Gasteiger partial charge in [-0.05, 0) is 54.7 Å². The molecule has 2 atom stereocenters. The number of carbonyl (C=O) groups excluding carboxylic acids is 1. The van der Waals surface area contributed by atoms with Crippen molar-refractivity contribution in [1.82, 2.24) is 0 Å². The molecule has 0 radical (unpaired) electrons. The molecule has 25 heavy (non-hydrogen) atoms. The van der Waals surface area contributed by atoms with Gasteiger partial charge in [0.1, 0.15) is 6.10 Å². The van der Waals surface area contributed by atoms with Gasteiger partial charge in [0.15, 0.2) is 0 Å². The molecule has 1 rings (SSSR count). The molecule has 142 valence electrons. The van der Waals surface area contributed by atoms with Crippen LogP contribution in [0.1, 0.15) is 82.3 Å². The lowest BCUT2D eigenvalue weighted by Gasteiger charge is -2.21. The summed E-state index contributed by atoms with van der Waals surface area (Å²) in [5, 5.41) is 9.87. The van der Waals surface area contributed by atoms with Crippen molar-refractivity contribution in [3.8, 4) is 0 Å². The SMILES string of the molecule is CCC(O)CC(CC)OC(=O)c1cccc(CC(C)C)c1CC(C)C. The van der Waals surface area contributed by atoms with Gasteiger partial charge in [0.05, 0.1) is 11.7 Å². The van der Waals surface area contributed by atoms with E-state index in [1.165, 1.54) is 5.56 Å². The fourth-order valence-corrected chi connectivity index (χ4v) is 3.09. The largest absolute Gasteiger partial charge is 0.459 e. The molecular formula is C22H36O3. The van der Waals surface area contributed by atoms with Gasteiger partial charge in [0.25, 0.3) is 0 Å². The summed E-state index contributed by atoms with van der Waals surface area (Å²) in [7, 11) is 0. The van der Waals surface area contributed by atoms with Crippen LogP contribution in [0.25, 0.3) is 0 Å². The minimum absolute atomic E-state index is 0.233. The molecule has 1 aromatic carbocycles. The maximum absolute atomic E-state index is 12.8. The van der Waals surface area contributed by atoms with Gasteiger partial charge in [-0.3, -0.25) is 0 Å². The van der Waals surface area contributed by atoms with Gasteiger partial charge >= 0.3 is 5.97 Å². The number of carbonyl (C=O) groups is 1. The molecule has 3 nitrogen and oxygen atoms in total. The van der Waals surface area contributed by atoms with Crippen LogP contribution in [0.2, 0.25) is 0 Å². The van der Waals surface area contributed by atoms with Crippen LogP contribution in [0.3, 0.4) is 0 Å². The van der Waals surface area contributed by atoms with E-state index in [1.807, 2.05) is 26.0 Å². The summed E-state index contributed by atoms with van der Waals surface area (Å²) in [6.07, 6.45) is 3.09. The highest BCUT2D eigenvalue weighted by Crippen LogP contribution is 2.24. The molecule has 0 fully saturated rings. The van der Waals surface area contributed by atoms with Crippen LogP contribution in [0.15, 0.2) is 18.2 Å². The van der Waals surface area contributed by atoms with Crippen molar-refractivity contribution >= 4 is 5.97 Å². The lowest BCUT2D eigenvalue weighted by atomic mass is 9.89. The number of aliphatic hydroxyl groups is 1. The minimum Gasteiger partial charge on any atom is -0.459 e. The Morgan fingerprint density at radius 3 is 2.20 bits per heavy atom. The molecule has 0 spiro atoms. The van der Waals surface area contributed by atoms with Gasteiger partial charge in [-0.15, -0.1) is 0 Å². The molecule has 0 aromatic heterocycles. The lowest BCUT2D eigenvalue weighted by molar-refractivity contribution is 0.0131. The highest BCUT2D eigenvalue weighted by atomic mass is 16.5. The molecule has 0 aliphatic rings. The van der Waals surface area contributed by atoms with Crippen molar-refractivity contribution in [3.05, 3.63) is 34.9 Å². The molecule has 3 heteroatoms. The van der Waals surface area contributed by atoms with Gasteiger partial charge < -0.3 is 9.84 Å². The Kier molecular flexibility index (Phi) is 9.20. The third kappa shape index (κ3) is 7.19. The second kappa shape index (κ2) is 10.6. The van der Waals surface area contributed by atoms with E-state index in [0.29, 0.717) is 36.7 Å². The fraction of sp³-hybridized carbons (Fsp3) is 0.682. The van der Waals surface area contributed by atoms with E-state index in [-0.39, 0.29) is 12.1 Å². The fourth-order valence-electron chi connectivity index (χ4n) is 3.09. The first-order chi connectivity index (χ1) is 11.8. The van der Waals surface area contributed by atoms with Crippen molar-refractivity contribution in [2.24, 2.45) is 11.8 Å². The van der Waals surface area contributed by atoms with Crippen molar-refractivity contribution < 1.29 is 14.6 Å². The second-order valence-corrected chi connectivity index (χ2v) is 7.87. The maximum Gasteiger partial charge on any atom is 0.338 e. The van der Waals surface area contributed by atoms with Crippen molar-refractivity contribution in [1.29, 1.82) is 0 Å². The zero-order valence-electron chi connectivity index (χ0n) is 16.8. The molecular weight excluding hydrogens is 312 g/mol. The molecule has 0 saturated heterocycles. The van der Waals surface area contributed by atoms with E-state index < -0.39 is 6.10 Å². The first-order valence-corrected chi connectivity index (χ1v) is 9.78. The Bertz CT molecular complexity index is 534. The van der Waals surface area contributed by atoms with Gasteiger partial charge in [-0.25, -0.2) is 4.79 Å². The second-order valence-electron chi connectivity index (χ2n) is 7.87. The molecule has 1 N–H and O–H groups in total. The van der Waals surface area contributed by atoms with E-state index in [0.717, 1.165) is 18.4 Å². The number of hydrogen-bond acceptors (Lipinski definition) is 3. The summed E-state index contributed by atoms with van der Waals surface area (Å²) in [6.45, 7) is 12.7. The summed E-state index contributed by atoms with van der Waals surface area (Å²) >= 11 is 0. The van der Waals surface area contributed by atoms with Gasteiger partial charge in [-0.1, -0.05) is 53.7 Å². The molecule has 0 bridgehead atoms. The number of aliphatic hydroxyl groups excluding tert-OH is 1. The average Bonchev–Trinajstić information content (AvgIpc) is 2.54. The van der Waals surface area contributed by atoms with Gasteiger partial charge in [0, 0.05) is 6.42 Å². The summed E-state index contributed by atoms with van der Waals surface area (Å²) in [5.41, 5.74) is 3.07. The third-order valence-electron chi connectivity index (χ3n) is 4.47. The average molecular weight is 349 g/mol. The lowest BCUT2D eigenvalue weighted by Crippen LogP contribution is -2.24. The first kappa shape index (κ1) is 21.7. The van der Waals surface area contributed by atoms with Crippen molar-refractivity contribution in [2.75, 3.05) is 0 Å². The molecule has 1 aromatic rings. The summed E-state index contributed by atoms with van der Waals surface area (Å²) in [6, 6.07) is 5.97. The number of esters is 1. The highest BCUT2D eigenvalue weighted by molar-refractivity contribution is 5.91. The van der Waals surface area contributed by atoms with Crippen molar-refractivity contribution in [3.63, 3.8) is 0 Å². The van der Waals surface area contributed by atoms with E-state index in [4.69, 9.17) is 4.74 Å². The first-order valence-electron chi connectivity index (χ1n) is 9.78. The van der Waals surface area contributed by atoms with Gasteiger partial charge in [0.2, 0.25) is 0 Å². The van der Waals surface area contributed by atoms with E-state index >= 15 is 0 Å². The molecule has 0 aliphatic carbocycles. The minimum atomic E-state index is -0.417. The summed E-state index contributed by atoms with van der Waals surface area (Å²) in [4.78, 5) is 12.8. The number of hydrogen-bond donors (Lipinski definition) is 1. The molecule has 0 saturated carbocycles. The number of rotatable bonds is 10. The summed E-state index contributed by atoms with van der Waals surface area (Å²) < 4.78 is 5.74. The van der Waals surface area contributed by atoms with E-state index in [9.17, 15) is 9.90 Å².